The molecule has 0 saturated carbocycles. The Bertz CT molecular complexity index is 311. The SMILES string of the molecule is CCCC(OCC)c1noc(CNCCOC)n1. The van der Waals surface area contributed by atoms with E-state index in [1.165, 1.54) is 0 Å². The third kappa shape index (κ3) is 5.12. The zero-order chi connectivity index (χ0) is 13.2. The molecule has 0 saturated heterocycles. The van der Waals surface area contributed by atoms with Gasteiger partial charge in [0.2, 0.25) is 11.7 Å². The van der Waals surface area contributed by atoms with Gasteiger partial charge in [0.25, 0.3) is 0 Å². The molecule has 1 heterocycles. The van der Waals surface area contributed by atoms with E-state index in [1.54, 1.807) is 7.11 Å². The fraction of sp³-hybridized carbons (Fsp3) is 0.833. The lowest BCUT2D eigenvalue weighted by Gasteiger charge is -2.11. The van der Waals surface area contributed by atoms with Gasteiger partial charge in [-0.05, 0) is 13.3 Å². The van der Waals surface area contributed by atoms with E-state index in [9.17, 15) is 0 Å². The second-order valence-electron chi connectivity index (χ2n) is 3.95. The Balaban J connectivity index is 2.44. The molecule has 18 heavy (non-hydrogen) atoms. The smallest absolute Gasteiger partial charge is 0.240 e. The molecule has 0 bridgehead atoms. The summed E-state index contributed by atoms with van der Waals surface area (Å²) in [7, 11) is 1.67. The van der Waals surface area contributed by atoms with Gasteiger partial charge in [0.05, 0.1) is 13.2 Å². The summed E-state index contributed by atoms with van der Waals surface area (Å²) in [5.41, 5.74) is 0. The molecule has 0 fully saturated rings. The molecule has 1 rings (SSSR count). The van der Waals surface area contributed by atoms with Gasteiger partial charge in [0.15, 0.2) is 0 Å². The first-order valence-corrected chi connectivity index (χ1v) is 6.45. The summed E-state index contributed by atoms with van der Waals surface area (Å²) in [6.07, 6.45) is 1.88. The van der Waals surface area contributed by atoms with Gasteiger partial charge in [0.1, 0.15) is 6.10 Å². The summed E-state index contributed by atoms with van der Waals surface area (Å²) < 4.78 is 15.7. The van der Waals surface area contributed by atoms with Crippen LogP contribution < -0.4 is 5.32 Å². The van der Waals surface area contributed by atoms with Crippen molar-refractivity contribution in [3.63, 3.8) is 0 Å². The van der Waals surface area contributed by atoms with Crippen LogP contribution in [0.25, 0.3) is 0 Å². The van der Waals surface area contributed by atoms with Crippen LogP contribution >= 0.6 is 0 Å². The summed E-state index contributed by atoms with van der Waals surface area (Å²) in [5.74, 6) is 1.23. The summed E-state index contributed by atoms with van der Waals surface area (Å²) in [5, 5.41) is 7.13. The lowest BCUT2D eigenvalue weighted by atomic mass is 10.2. The number of aromatic nitrogens is 2. The lowest BCUT2D eigenvalue weighted by molar-refractivity contribution is 0.0477. The Hall–Kier alpha value is -0.980. The van der Waals surface area contributed by atoms with Crippen molar-refractivity contribution >= 4 is 0 Å². The maximum Gasteiger partial charge on any atom is 0.240 e. The molecule has 6 heteroatoms. The molecular weight excluding hydrogens is 234 g/mol. The number of ether oxygens (including phenoxy) is 2. The van der Waals surface area contributed by atoms with E-state index in [-0.39, 0.29) is 6.10 Å². The van der Waals surface area contributed by atoms with E-state index in [2.05, 4.69) is 22.4 Å². The maximum absolute atomic E-state index is 5.60. The molecule has 0 aromatic carbocycles. The molecule has 1 N–H and O–H groups in total. The fourth-order valence-corrected chi connectivity index (χ4v) is 1.59. The maximum atomic E-state index is 5.60. The van der Waals surface area contributed by atoms with E-state index >= 15 is 0 Å². The number of rotatable bonds is 10. The van der Waals surface area contributed by atoms with E-state index in [0.29, 0.717) is 31.5 Å². The number of hydrogen-bond acceptors (Lipinski definition) is 6. The van der Waals surface area contributed by atoms with Crippen molar-refractivity contribution in [3.8, 4) is 0 Å². The van der Waals surface area contributed by atoms with E-state index in [0.717, 1.165) is 19.4 Å². The molecule has 1 unspecified atom stereocenters. The average molecular weight is 257 g/mol. The monoisotopic (exact) mass is 257 g/mol. The topological polar surface area (TPSA) is 69.4 Å². The molecule has 104 valence electrons. The van der Waals surface area contributed by atoms with Crippen LogP contribution in [0.4, 0.5) is 0 Å². The zero-order valence-electron chi connectivity index (χ0n) is 11.4. The first-order chi connectivity index (χ1) is 8.81. The van der Waals surface area contributed by atoms with Crippen LogP contribution in [0.3, 0.4) is 0 Å². The van der Waals surface area contributed by atoms with Crippen molar-refractivity contribution in [2.45, 2.75) is 39.3 Å². The van der Waals surface area contributed by atoms with Crippen LogP contribution in [-0.2, 0) is 16.0 Å². The third-order valence-electron chi connectivity index (χ3n) is 2.45. The van der Waals surface area contributed by atoms with Crippen LogP contribution in [0.5, 0.6) is 0 Å². The van der Waals surface area contributed by atoms with Gasteiger partial charge in [0, 0.05) is 20.3 Å². The van der Waals surface area contributed by atoms with Gasteiger partial charge in [-0.1, -0.05) is 18.5 Å². The van der Waals surface area contributed by atoms with Crippen molar-refractivity contribution in [3.05, 3.63) is 11.7 Å². The Morgan fingerprint density at radius 3 is 2.89 bits per heavy atom. The summed E-state index contributed by atoms with van der Waals surface area (Å²) in [4.78, 5) is 4.34. The summed E-state index contributed by atoms with van der Waals surface area (Å²) >= 11 is 0. The van der Waals surface area contributed by atoms with Gasteiger partial charge in [-0.15, -0.1) is 0 Å². The second kappa shape index (κ2) is 9.02. The molecule has 0 aliphatic carbocycles. The molecule has 0 aliphatic rings. The standard InChI is InChI=1S/C12H23N3O3/c1-4-6-10(17-5-2)12-14-11(18-15-12)9-13-7-8-16-3/h10,13H,4-9H2,1-3H3. The molecule has 1 aromatic heterocycles. The van der Waals surface area contributed by atoms with E-state index < -0.39 is 0 Å². The molecular formula is C12H23N3O3. The highest BCUT2D eigenvalue weighted by Crippen LogP contribution is 2.19. The minimum absolute atomic E-state index is 0.0588. The number of methoxy groups -OCH3 is 1. The average Bonchev–Trinajstić information content (AvgIpc) is 2.83. The van der Waals surface area contributed by atoms with Crippen LogP contribution in [0.15, 0.2) is 4.52 Å². The van der Waals surface area contributed by atoms with Crippen LogP contribution in [0.2, 0.25) is 0 Å². The quantitative estimate of drug-likeness (QED) is 0.643. The molecule has 0 amide bonds. The van der Waals surface area contributed by atoms with Crippen molar-refractivity contribution in [1.82, 2.24) is 15.5 Å². The van der Waals surface area contributed by atoms with Gasteiger partial charge in [-0.2, -0.15) is 4.98 Å². The Labute approximate surface area is 108 Å². The molecule has 0 spiro atoms. The molecule has 1 atom stereocenters. The highest BCUT2D eigenvalue weighted by Gasteiger charge is 2.17. The fourth-order valence-electron chi connectivity index (χ4n) is 1.59. The Morgan fingerprint density at radius 1 is 1.39 bits per heavy atom. The number of nitrogens with one attached hydrogen (secondary N) is 1. The van der Waals surface area contributed by atoms with Crippen LogP contribution in [-0.4, -0.2) is 37.0 Å². The predicted octanol–water partition coefficient (Wildman–Crippen LogP) is 1.68. The predicted molar refractivity (Wildman–Crippen MR) is 67.2 cm³/mol. The molecule has 0 radical (unpaired) electrons. The lowest BCUT2D eigenvalue weighted by Crippen LogP contribution is -2.18. The summed E-state index contributed by atoms with van der Waals surface area (Å²) in [6, 6.07) is 0. The molecule has 1 aromatic rings. The van der Waals surface area contributed by atoms with Gasteiger partial charge in [-0.3, -0.25) is 0 Å². The normalized spacial score (nSPS) is 12.8. The van der Waals surface area contributed by atoms with Gasteiger partial charge in [-0.25, -0.2) is 0 Å². The third-order valence-corrected chi connectivity index (χ3v) is 2.45. The molecule has 0 aliphatic heterocycles. The first kappa shape index (κ1) is 15.1. The van der Waals surface area contributed by atoms with Crippen molar-refractivity contribution < 1.29 is 14.0 Å². The zero-order valence-corrected chi connectivity index (χ0v) is 11.4. The number of hydrogen-bond donors (Lipinski definition) is 1. The summed E-state index contributed by atoms with van der Waals surface area (Å²) in [6.45, 7) is 6.72. The Kier molecular flexibility index (Phi) is 7.55. The van der Waals surface area contributed by atoms with Gasteiger partial charge < -0.3 is 19.3 Å². The highest BCUT2D eigenvalue weighted by molar-refractivity contribution is 4.91. The second-order valence-corrected chi connectivity index (χ2v) is 3.95. The minimum Gasteiger partial charge on any atom is -0.383 e. The van der Waals surface area contributed by atoms with Crippen LogP contribution in [0.1, 0.15) is 44.5 Å². The van der Waals surface area contributed by atoms with Crippen molar-refractivity contribution in [2.24, 2.45) is 0 Å². The van der Waals surface area contributed by atoms with Gasteiger partial charge >= 0.3 is 0 Å². The van der Waals surface area contributed by atoms with Crippen LogP contribution in [0, 0.1) is 0 Å². The van der Waals surface area contributed by atoms with E-state index in [1.807, 2.05) is 6.92 Å². The highest BCUT2D eigenvalue weighted by atomic mass is 16.5. The first-order valence-electron chi connectivity index (χ1n) is 6.45. The largest absolute Gasteiger partial charge is 0.383 e. The molecule has 6 nitrogen and oxygen atoms in total. The number of nitrogens with zero attached hydrogens (tertiary/aromatic N) is 2. The minimum atomic E-state index is -0.0588. The Morgan fingerprint density at radius 2 is 2.22 bits per heavy atom. The van der Waals surface area contributed by atoms with Crippen molar-refractivity contribution in [2.75, 3.05) is 26.9 Å². The van der Waals surface area contributed by atoms with Crippen molar-refractivity contribution in [1.29, 1.82) is 0 Å². The van der Waals surface area contributed by atoms with E-state index in [4.69, 9.17) is 14.0 Å².